The van der Waals surface area contributed by atoms with Crippen LogP contribution >= 0.6 is 0 Å². The predicted octanol–water partition coefficient (Wildman–Crippen LogP) is 3.01. The first-order valence-corrected chi connectivity index (χ1v) is 7.48. The number of nitrogens with two attached hydrogens (primary N) is 1. The molecule has 2 nitrogen and oxygen atoms in total. The van der Waals surface area contributed by atoms with E-state index < -0.39 is 0 Å². The molecule has 0 aromatic carbocycles. The van der Waals surface area contributed by atoms with Gasteiger partial charge < -0.3 is 5.73 Å². The summed E-state index contributed by atoms with van der Waals surface area (Å²) < 4.78 is 0. The first-order chi connectivity index (χ1) is 7.98. The minimum Gasteiger partial charge on any atom is -0.326 e. The lowest BCUT2D eigenvalue weighted by Crippen LogP contribution is -2.48. The van der Waals surface area contributed by atoms with Crippen LogP contribution in [0, 0.1) is 11.3 Å². The lowest BCUT2D eigenvalue weighted by molar-refractivity contribution is 0.150. The largest absolute Gasteiger partial charge is 0.326 e. The lowest BCUT2D eigenvalue weighted by atomic mass is 9.86. The Labute approximate surface area is 107 Å². The molecule has 1 saturated carbocycles. The summed E-state index contributed by atoms with van der Waals surface area (Å²) in [4.78, 5) is 2.70. The van der Waals surface area contributed by atoms with Gasteiger partial charge in [-0.05, 0) is 43.6 Å². The van der Waals surface area contributed by atoms with E-state index in [1.165, 1.54) is 45.1 Å². The molecule has 2 N–H and O–H groups in total. The van der Waals surface area contributed by atoms with Crippen molar-refractivity contribution >= 4 is 0 Å². The van der Waals surface area contributed by atoms with Crippen LogP contribution in [-0.2, 0) is 0 Å². The van der Waals surface area contributed by atoms with Crippen LogP contribution in [0.15, 0.2) is 0 Å². The normalized spacial score (nSPS) is 30.0. The summed E-state index contributed by atoms with van der Waals surface area (Å²) in [7, 11) is 0. The van der Waals surface area contributed by atoms with Gasteiger partial charge in [0.1, 0.15) is 0 Å². The van der Waals surface area contributed by atoms with E-state index in [0.29, 0.717) is 6.04 Å². The molecule has 0 radical (unpaired) electrons. The Kier molecular flexibility index (Phi) is 4.14. The maximum Gasteiger partial charge on any atom is 0.0217 e. The van der Waals surface area contributed by atoms with Crippen molar-refractivity contribution in [3.8, 4) is 0 Å². The SMILES string of the molecule is CC(C)(C)C(N)CN1CCCC1C1CCCC1. The second-order valence-electron chi connectivity index (χ2n) is 7.22. The lowest BCUT2D eigenvalue weighted by Gasteiger charge is -2.35. The second kappa shape index (κ2) is 5.27. The Hall–Kier alpha value is -0.0800. The molecule has 2 fully saturated rings. The van der Waals surface area contributed by atoms with E-state index in [1.807, 2.05) is 0 Å². The van der Waals surface area contributed by atoms with Gasteiger partial charge >= 0.3 is 0 Å². The molecule has 17 heavy (non-hydrogen) atoms. The molecule has 100 valence electrons. The van der Waals surface area contributed by atoms with Gasteiger partial charge in [0.2, 0.25) is 0 Å². The number of hydrogen-bond donors (Lipinski definition) is 1. The highest BCUT2D eigenvalue weighted by molar-refractivity contribution is 4.90. The molecule has 0 bridgehead atoms. The van der Waals surface area contributed by atoms with Crippen LogP contribution in [0.3, 0.4) is 0 Å². The first-order valence-electron chi connectivity index (χ1n) is 7.48. The van der Waals surface area contributed by atoms with Gasteiger partial charge in [-0.2, -0.15) is 0 Å². The Balaban J connectivity index is 1.90. The molecule has 2 unspecified atom stereocenters. The van der Waals surface area contributed by atoms with Crippen LogP contribution < -0.4 is 5.73 Å². The van der Waals surface area contributed by atoms with Crippen molar-refractivity contribution in [1.29, 1.82) is 0 Å². The second-order valence-corrected chi connectivity index (χ2v) is 7.22. The third-order valence-corrected chi connectivity index (χ3v) is 4.90. The molecule has 1 saturated heterocycles. The van der Waals surface area contributed by atoms with Crippen molar-refractivity contribution in [2.45, 2.75) is 71.4 Å². The molecule has 0 aromatic rings. The number of nitrogens with zero attached hydrogens (tertiary/aromatic N) is 1. The van der Waals surface area contributed by atoms with Crippen LogP contribution in [0.4, 0.5) is 0 Å². The zero-order valence-electron chi connectivity index (χ0n) is 11.9. The fourth-order valence-electron chi connectivity index (χ4n) is 3.48. The molecule has 1 aliphatic heterocycles. The highest BCUT2D eigenvalue weighted by Gasteiger charge is 2.35. The molecule has 2 atom stereocenters. The van der Waals surface area contributed by atoms with Crippen LogP contribution in [0.1, 0.15) is 59.3 Å². The van der Waals surface area contributed by atoms with Gasteiger partial charge in [-0.15, -0.1) is 0 Å². The highest BCUT2D eigenvalue weighted by atomic mass is 15.2. The summed E-state index contributed by atoms with van der Waals surface area (Å²) in [5.41, 5.74) is 6.59. The van der Waals surface area contributed by atoms with E-state index in [2.05, 4.69) is 25.7 Å². The van der Waals surface area contributed by atoms with Gasteiger partial charge in [-0.1, -0.05) is 33.6 Å². The average molecular weight is 238 g/mol. The fraction of sp³-hybridized carbons (Fsp3) is 1.00. The number of hydrogen-bond acceptors (Lipinski definition) is 2. The van der Waals surface area contributed by atoms with Crippen molar-refractivity contribution in [1.82, 2.24) is 4.90 Å². The van der Waals surface area contributed by atoms with Crippen LogP contribution in [0.25, 0.3) is 0 Å². The summed E-state index contributed by atoms with van der Waals surface area (Å²) in [5, 5.41) is 0. The minimum absolute atomic E-state index is 0.239. The maximum atomic E-state index is 6.35. The third kappa shape index (κ3) is 3.23. The molecule has 2 rings (SSSR count). The summed E-state index contributed by atoms with van der Waals surface area (Å²) >= 11 is 0. The summed E-state index contributed by atoms with van der Waals surface area (Å²) in [6.45, 7) is 9.17. The van der Waals surface area contributed by atoms with Gasteiger partial charge in [-0.3, -0.25) is 4.90 Å². The summed E-state index contributed by atoms with van der Waals surface area (Å²) in [6, 6.07) is 1.16. The van der Waals surface area contributed by atoms with Gasteiger partial charge in [0.05, 0.1) is 0 Å². The Bertz CT molecular complexity index is 238. The zero-order chi connectivity index (χ0) is 12.5. The highest BCUT2D eigenvalue weighted by Crippen LogP contribution is 2.35. The zero-order valence-corrected chi connectivity index (χ0v) is 11.9. The quantitative estimate of drug-likeness (QED) is 0.819. The van der Waals surface area contributed by atoms with E-state index in [4.69, 9.17) is 5.73 Å². The molecule has 0 aromatic heterocycles. The summed E-state index contributed by atoms with van der Waals surface area (Å²) in [5.74, 6) is 0.977. The van der Waals surface area contributed by atoms with Crippen molar-refractivity contribution in [2.24, 2.45) is 17.1 Å². The Morgan fingerprint density at radius 3 is 2.35 bits per heavy atom. The third-order valence-electron chi connectivity index (χ3n) is 4.90. The van der Waals surface area contributed by atoms with Gasteiger partial charge in [0, 0.05) is 18.6 Å². The Morgan fingerprint density at radius 1 is 1.12 bits per heavy atom. The van der Waals surface area contributed by atoms with E-state index in [9.17, 15) is 0 Å². The molecule has 0 spiro atoms. The molecule has 2 heteroatoms. The summed E-state index contributed by atoms with van der Waals surface area (Å²) in [6.07, 6.45) is 8.65. The van der Waals surface area contributed by atoms with Crippen molar-refractivity contribution in [2.75, 3.05) is 13.1 Å². The molecule has 2 aliphatic rings. The monoisotopic (exact) mass is 238 g/mol. The van der Waals surface area contributed by atoms with Gasteiger partial charge in [0.15, 0.2) is 0 Å². The smallest absolute Gasteiger partial charge is 0.0217 e. The van der Waals surface area contributed by atoms with Crippen molar-refractivity contribution < 1.29 is 0 Å². The first kappa shape index (κ1) is 13.4. The van der Waals surface area contributed by atoms with Crippen LogP contribution in [0.5, 0.6) is 0 Å². The molecular formula is C15H30N2. The van der Waals surface area contributed by atoms with Crippen LogP contribution in [-0.4, -0.2) is 30.1 Å². The number of likely N-dealkylation sites (tertiary alicyclic amines) is 1. The predicted molar refractivity (Wildman–Crippen MR) is 74.0 cm³/mol. The standard InChI is InChI=1S/C15H30N2/c1-15(2,3)14(16)11-17-10-6-9-13(17)12-7-4-5-8-12/h12-14H,4-11,16H2,1-3H3. The van der Waals surface area contributed by atoms with E-state index in [0.717, 1.165) is 18.5 Å². The topological polar surface area (TPSA) is 29.3 Å². The molecule has 1 aliphatic carbocycles. The fourth-order valence-corrected chi connectivity index (χ4v) is 3.48. The molecular weight excluding hydrogens is 208 g/mol. The van der Waals surface area contributed by atoms with Gasteiger partial charge in [0.25, 0.3) is 0 Å². The minimum atomic E-state index is 0.239. The Morgan fingerprint density at radius 2 is 1.76 bits per heavy atom. The molecule has 1 heterocycles. The van der Waals surface area contributed by atoms with Crippen LogP contribution in [0.2, 0.25) is 0 Å². The van der Waals surface area contributed by atoms with E-state index in [1.54, 1.807) is 0 Å². The van der Waals surface area contributed by atoms with Crippen molar-refractivity contribution in [3.63, 3.8) is 0 Å². The average Bonchev–Trinajstić information content (AvgIpc) is 2.83. The van der Waals surface area contributed by atoms with Gasteiger partial charge in [-0.25, -0.2) is 0 Å². The molecule has 0 amide bonds. The maximum absolute atomic E-state index is 6.35. The number of rotatable bonds is 3. The van der Waals surface area contributed by atoms with E-state index >= 15 is 0 Å². The van der Waals surface area contributed by atoms with E-state index in [-0.39, 0.29) is 5.41 Å². The van der Waals surface area contributed by atoms with Crippen molar-refractivity contribution in [3.05, 3.63) is 0 Å².